The van der Waals surface area contributed by atoms with Crippen molar-refractivity contribution in [3.05, 3.63) is 0 Å². The minimum absolute atomic E-state index is 0.267. The molecule has 0 radical (unpaired) electrons. The summed E-state index contributed by atoms with van der Waals surface area (Å²) in [4.78, 5) is 11.2. The lowest BCUT2D eigenvalue weighted by atomic mass is 10.2. The fourth-order valence-corrected chi connectivity index (χ4v) is 1.14. The molecule has 5 nitrogen and oxygen atoms in total. The van der Waals surface area contributed by atoms with Crippen molar-refractivity contribution in [1.29, 1.82) is 0 Å². The molecule has 0 bridgehead atoms. The van der Waals surface area contributed by atoms with E-state index in [0.29, 0.717) is 26.2 Å². The van der Waals surface area contributed by atoms with Gasteiger partial charge in [-0.25, -0.2) is 0 Å². The van der Waals surface area contributed by atoms with Crippen LogP contribution in [0.5, 0.6) is 0 Å². The first kappa shape index (κ1) is 15.3. The number of ether oxygens (including phenoxy) is 3. The Labute approximate surface area is 97.2 Å². The average Bonchev–Trinajstić information content (AvgIpc) is 2.28. The van der Waals surface area contributed by atoms with Gasteiger partial charge in [0.25, 0.3) is 0 Å². The van der Waals surface area contributed by atoms with Gasteiger partial charge in [0.1, 0.15) is 12.6 Å². The van der Waals surface area contributed by atoms with Crippen LogP contribution in [0, 0.1) is 0 Å². The summed E-state index contributed by atoms with van der Waals surface area (Å²) >= 11 is 0. The van der Waals surface area contributed by atoms with Crippen molar-refractivity contribution in [2.75, 3.05) is 33.5 Å². The summed E-state index contributed by atoms with van der Waals surface area (Å²) in [6.45, 7) is 3.96. The quantitative estimate of drug-likeness (QED) is 0.444. The van der Waals surface area contributed by atoms with Crippen LogP contribution in [-0.4, -0.2) is 45.5 Å². The van der Waals surface area contributed by atoms with E-state index in [1.165, 1.54) is 0 Å². The molecule has 0 aromatic rings. The van der Waals surface area contributed by atoms with Crippen LogP contribution in [0.3, 0.4) is 0 Å². The lowest BCUT2D eigenvalue weighted by Crippen LogP contribution is -2.32. The van der Waals surface area contributed by atoms with E-state index in [2.05, 4.69) is 0 Å². The highest BCUT2D eigenvalue weighted by atomic mass is 16.6. The van der Waals surface area contributed by atoms with E-state index in [9.17, 15) is 4.79 Å². The van der Waals surface area contributed by atoms with Crippen LogP contribution in [-0.2, 0) is 19.0 Å². The monoisotopic (exact) mass is 233 g/mol. The molecule has 2 N–H and O–H groups in total. The van der Waals surface area contributed by atoms with Crippen LogP contribution < -0.4 is 5.73 Å². The zero-order valence-corrected chi connectivity index (χ0v) is 10.2. The summed E-state index contributed by atoms with van der Waals surface area (Å²) in [6.07, 6.45) is 2.39. The van der Waals surface area contributed by atoms with Crippen LogP contribution in [0.15, 0.2) is 0 Å². The van der Waals surface area contributed by atoms with Crippen LogP contribution in [0.1, 0.15) is 26.2 Å². The molecule has 0 aliphatic rings. The summed E-state index contributed by atoms with van der Waals surface area (Å²) in [7, 11) is 1.65. The Morgan fingerprint density at radius 2 is 2.00 bits per heavy atom. The summed E-state index contributed by atoms with van der Waals surface area (Å²) in [5, 5.41) is 0. The largest absolute Gasteiger partial charge is 0.462 e. The first-order valence-electron chi connectivity index (χ1n) is 5.71. The third kappa shape index (κ3) is 8.64. The van der Waals surface area contributed by atoms with Gasteiger partial charge in [-0.2, -0.15) is 0 Å². The smallest absolute Gasteiger partial charge is 0.322 e. The molecule has 0 aliphatic carbocycles. The molecule has 0 aliphatic heterocycles. The molecule has 1 atom stereocenters. The number of hydrogen-bond acceptors (Lipinski definition) is 5. The van der Waals surface area contributed by atoms with Crippen molar-refractivity contribution >= 4 is 5.97 Å². The van der Waals surface area contributed by atoms with Gasteiger partial charge in [-0.1, -0.05) is 13.3 Å². The number of hydrogen-bond donors (Lipinski definition) is 1. The number of carbonyl (C=O) groups is 1. The molecule has 0 amide bonds. The third-order valence-corrected chi connectivity index (χ3v) is 2.01. The maximum Gasteiger partial charge on any atom is 0.322 e. The second kappa shape index (κ2) is 10.9. The Morgan fingerprint density at radius 3 is 2.62 bits per heavy atom. The highest BCUT2D eigenvalue weighted by Gasteiger charge is 2.12. The van der Waals surface area contributed by atoms with Crippen LogP contribution in [0.25, 0.3) is 0 Å². The Morgan fingerprint density at radius 1 is 1.25 bits per heavy atom. The minimum atomic E-state index is -0.501. The molecule has 0 heterocycles. The molecule has 0 spiro atoms. The SMILES string of the molecule is CCC[C@@H](N)C(=O)OCCOCCCOC. The van der Waals surface area contributed by atoms with E-state index in [1.807, 2.05) is 6.92 Å². The first-order chi connectivity index (χ1) is 7.72. The van der Waals surface area contributed by atoms with E-state index in [-0.39, 0.29) is 12.6 Å². The molecule has 0 saturated heterocycles. The van der Waals surface area contributed by atoms with Crippen molar-refractivity contribution in [2.45, 2.75) is 32.2 Å². The van der Waals surface area contributed by atoms with Crippen molar-refractivity contribution in [3.63, 3.8) is 0 Å². The van der Waals surface area contributed by atoms with E-state index in [0.717, 1.165) is 12.8 Å². The first-order valence-corrected chi connectivity index (χ1v) is 5.71. The molecule has 0 rings (SSSR count). The fourth-order valence-electron chi connectivity index (χ4n) is 1.14. The van der Waals surface area contributed by atoms with Crippen LogP contribution >= 0.6 is 0 Å². The highest BCUT2D eigenvalue weighted by Crippen LogP contribution is 1.96. The van der Waals surface area contributed by atoms with E-state index < -0.39 is 6.04 Å². The molecule has 16 heavy (non-hydrogen) atoms. The summed E-state index contributed by atoms with van der Waals surface area (Å²) in [5.74, 6) is -0.345. The molecule has 0 aromatic heterocycles. The molecular weight excluding hydrogens is 210 g/mol. The predicted molar refractivity (Wildman–Crippen MR) is 61.2 cm³/mol. The minimum Gasteiger partial charge on any atom is -0.462 e. The molecule has 0 saturated carbocycles. The molecule has 0 fully saturated rings. The Balaban J connectivity index is 3.27. The lowest BCUT2D eigenvalue weighted by molar-refractivity contribution is -0.147. The van der Waals surface area contributed by atoms with Gasteiger partial charge < -0.3 is 19.9 Å². The Hall–Kier alpha value is -0.650. The summed E-state index contributed by atoms with van der Waals surface area (Å²) in [6, 6.07) is -0.501. The van der Waals surface area contributed by atoms with Gasteiger partial charge in [-0.15, -0.1) is 0 Å². The summed E-state index contributed by atoms with van der Waals surface area (Å²) < 4.78 is 15.0. The number of methoxy groups -OCH3 is 1. The summed E-state index contributed by atoms with van der Waals surface area (Å²) in [5.41, 5.74) is 5.58. The maximum absolute atomic E-state index is 11.2. The zero-order valence-electron chi connectivity index (χ0n) is 10.2. The highest BCUT2D eigenvalue weighted by molar-refractivity contribution is 5.75. The molecule has 5 heteroatoms. The predicted octanol–water partition coefficient (Wildman–Crippen LogP) is 0.710. The third-order valence-electron chi connectivity index (χ3n) is 2.01. The second-order valence-electron chi connectivity index (χ2n) is 3.52. The number of nitrogens with two attached hydrogens (primary N) is 1. The standard InChI is InChI=1S/C11H23NO4/c1-3-5-10(12)11(13)16-9-8-15-7-4-6-14-2/h10H,3-9,12H2,1-2H3/t10-/m1/s1. The molecular formula is C11H23NO4. The van der Waals surface area contributed by atoms with Crippen molar-refractivity contribution in [2.24, 2.45) is 5.73 Å². The van der Waals surface area contributed by atoms with Gasteiger partial charge in [0.2, 0.25) is 0 Å². The Bertz CT molecular complexity index is 175. The van der Waals surface area contributed by atoms with Crippen molar-refractivity contribution in [1.82, 2.24) is 0 Å². The fraction of sp³-hybridized carbons (Fsp3) is 0.909. The Kier molecular flexibility index (Phi) is 10.4. The van der Waals surface area contributed by atoms with Gasteiger partial charge in [0.15, 0.2) is 0 Å². The van der Waals surface area contributed by atoms with Crippen LogP contribution in [0.4, 0.5) is 0 Å². The number of rotatable bonds is 10. The normalized spacial score (nSPS) is 12.4. The zero-order chi connectivity index (χ0) is 12.2. The lowest BCUT2D eigenvalue weighted by Gasteiger charge is -2.10. The topological polar surface area (TPSA) is 70.8 Å². The van der Waals surface area contributed by atoms with Crippen molar-refractivity contribution in [3.8, 4) is 0 Å². The van der Waals surface area contributed by atoms with Gasteiger partial charge in [0, 0.05) is 20.3 Å². The number of carbonyl (C=O) groups excluding carboxylic acids is 1. The van der Waals surface area contributed by atoms with Crippen LogP contribution in [0.2, 0.25) is 0 Å². The average molecular weight is 233 g/mol. The van der Waals surface area contributed by atoms with Gasteiger partial charge >= 0.3 is 5.97 Å². The molecule has 0 unspecified atom stereocenters. The molecule has 0 aromatic carbocycles. The molecule has 96 valence electrons. The van der Waals surface area contributed by atoms with E-state index in [1.54, 1.807) is 7.11 Å². The van der Waals surface area contributed by atoms with E-state index >= 15 is 0 Å². The van der Waals surface area contributed by atoms with Gasteiger partial charge in [-0.3, -0.25) is 4.79 Å². The van der Waals surface area contributed by atoms with Gasteiger partial charge in [0.05, 0.1) is 6.61 Å². The van der Waals surface area contributed by atoms with Crippen molar-refractivity contribution < 1.29 is 19.0 Å². The van der Waals surface area contributed by atoms with E-state index in [4.69, 9.17) is 19.9 Å². The number of esters is 1. The van der Waals surface area contributed by atoms with Gasteiger partial charge in [-0.05, 0) is 12.8 Å². The second-order valence-corrected chi connectivity index (χ2v) is 3.52. The maximum atomic E-state index is 11.2.